The summed E-state index contributed by atoms with van der Waals surface area (Å²) in [5.41, 5.74) is 2.69. The molecule has 0 N–H and O–H groups in total. The molecule has 0 bridgehead atoms. The van der Waals surface area contributed by atoms with Crippen LogP contribution in [0, 0.1) is 5.82 Å². The Balaban J connectivity index is 1.56. The number of carbonyl (C=O) groups excluding carboxylic acids is 1. The molecule has 1 saturated heterocycles. The van der Waals surface area contributed by atoms with Gasteiger partial charge in [0.1, 0.15) is 23.1 Å². The number of fused-ring (bicyclic) bond motifs is 1. The van der Waals surface area contributed by atoms with Gasteiger partial charge < -0.3 is 18.9 Å². The molecule has 174 valence electrons. The minimum Gasteiger partial charge on any atom is -0.497 e. The van der Waals surface area contributed by atoms with E-state index >= 15 is 0 Å². The number of imidazole rings is 1. The van der Waals surface area contributed by atoms with Crippen molar-refractivity contribution in [1.29, 1.82) is 0 Å². The summed E-state index contributed by atoms with van der Waals surface area (Å²) < 4.78 is 27.5. The molecule has 2 heterocycles. The van der Waals surface area contributed by atoms with Gasteiger partial charge in [0.05, 0.1) is 37.5 Å². The first-order valence-electron chi connectivity index (χ1n) is 10.9. The highest BCUT2D eigenvalue weighted by atomic mass is 35.5. The van der Waals surface area contributed by atoms with Crippen LogP contribution < -0.4 is 14.4 Å². The number of hydrogen-bond donors (Lipinski definition) is 0. The summed E-state index contributed by atoms with van der Waals surface area (Å²) in [6.45, 7) is 0.630. The normalized spacial score (nSPS) is 15.8. The van der Waals surface area contributed by atoms with Gasteiger partial charge in [0, 0.05) is 35.5 Å². The Morgan fingerprint density at radius 2 is 1.91 bits per heavy atom. The van der Waals surface area contributed by atoms with Crippen LogP contribution in [0.25, 0.3) is 11.0 Å². The lowest BCUT2D eigenvalue weighted by Crippen LogP contribution is -2.25. The number of amides is 1. The van der Waals surface area contributed by atoms with Crippen molar-refractivity contribution < 1.29 is 18.7 Å². The summed E-state index contributed by atoms with van der Waals surface area (Å²) in [6, 6.07) is 17.7. The standard InChI is InChI=1S/C26H23ClFN3O3/c1-33-17-10-11-24(34-2)23(13-17)30-14-16(12-25(30)32)26-29-21-8-3-4-9-22(21)31(26)15-18-19(27)6-5-7-20(18)28/h3-11,13,16H,12,14-15H2,1-2H3. The van der Waals surface area contributed by atoms with Gasteiger partial charge in [-0.2, -0.15) is 0 Å². The lowest BCUT2D eigenvalue weighted by atomic mass is 10.1. The molecular formula is C26H23ClFN3O3. The van der Waals surface area contributed by atoms with E-state index in [0.717, 1.165) is 16.9 Å². The Hall–Kier alpha value is -3.58. The number of halogens is 2. The van der Waals surface area contributed by atoms with E-state index in [-0.39, 0.29) is 30.6 Å². The predicted octanol–water partition coefficient (Wildman–Crippen LogP) is 5.41. The maximum Gasteiger partial charge on any atom is 0.227 e. The number of ether oxygens (including phenoxy) is 2. The van der Waals surface area contributed by atoms with Gasteiger partial charge in [-0.1, -0.05) is 29.8 Å². The van der Waals surface area contributed by atoms with Crippen LogP contribution in [-0.4, -0.2) is 36.2 Å². The van der Waals surface area contributed by atoms with E-state index in [0.29, 0.717) is 34.3 Å². The van der Waals surface area contributed by atoms with Crippen molar-refractivity contribution >= 4 is 34.2 Å². The second-order valence-corrected chi connectivity index (χ2v) is 8.60. The molecular weight excluding hydrogens is 457 g/mol. The van der Waals surface area contributed by atoms with Crippen LogP contribution in [0.5, 0.6) is 11.5 Å². The monoisotopic (exact) mass is 479 g/mol. The largest absolute Gasteiger partial charge is 0.497 e. The zero-order valence-electron chi connectivity index (χ0n) is 18.8. The summed E-state index contributed by atoms with van der Waals surface area (Å²) in [5.74, 6) is 1.33. The molecule has 5 rings (SSSR count). The highest BCUT2D eigenvalue weighted by Gasteiger charge is 2.36. The minimum atomic E-state index is -0.374. The minimum absolute atomic E-state index is 0.0425. The predicted molar refractivity (Wildman–Crippen MR) is 130 cm³/mol. The van der Waals surface area contributed by atoms with Gasteiger partial charge in [-0.25, -0.2) is 9.37 Å². The summed E-state index contributed by atoms with van der Waals surface area (Å²) in [6.07, 6.45) is 0.273. The third-order valence-electron chi connectivity index (χ3n) is 6.23. The zero-order valence-corrected chi connectivity index (χ0v) is 19.6. The van der Waals surface area contributed by atoms with Crippen LogP contribution in [0.3, 0.4) is 0 Å². The number of aromatic nitrogens is 2. The first-order chi connectivity index (χ1) is 16.5. The van der Waals surface area contributed by atoms with E-state index in [1.54, 1.807) is 49.5 Å². The number of anilines is 1. The molecule has 3 aromatic carbocycles. The summed E-state index contributed by atoms with van der Waals surface area (Å²) in [5, 5.41) is 0.356. The Labute approximate surface area is 201 Å². The molecule has 34 heavy (non-hydrogen) atoms. The summed E-state index contributed by atoms with van der Waals surface area (Å²) in [4.78, 5) is 19.7. The average molecular weight is 480 g/mol. The van der Waals surface area contributed by atoms with Crippen LogP contribution in [-0.2, 0) is 11.3 Å². The second-order valence-electron chi connectivity index (χ2n) is 8.19. The molecule has 4 aromatic rings. The van der Waals surface area contributed by atoms with Crippen molar-refractivity contribution in [1.82, 2.24) is 9.55 Å². The topological polar surface area (TPSA) is 56.6 Å². The molecule has 0 aliphatic carbocycles. The van der Waals surface area contributed by atoms with E-state index in [4.69, 9.17) is 26.1 Å². The fourth-order valence-corrected chi connectivity index (χ4v) is 4.76. The molecule has 1 aliphatic rings. The van der Waals surface area contributed by atoms with Crippen molar-refractivity contribution in [2.45, 2.75) is 18.9 Å². The molecule has 1 amide bonds. The van der Waals surface area contributed by atoms with Crippen LogP contribution in [0.15, 0.2) is 60.7 Å². The molecule has 1 unspecified atom stereocenters. The van der Waals surface area contributed by atoms with Gasteiger partial charge in [0.15, 0.2) is 0 Å². The number of benzene rings is 3. The van der Waals surface area contributed by atoms with Crippen molar-refractivity contribution in [2.24, 2.45) is 0 Å². The van der Waals surface area contributed by atoms with Gasteiger partial charge in [0.25, 0.3) is 0 Å². The number of para-hydroxylation sites is 2. The van der Waals surface area contributed by atoms with Crippen molar-refractivity contribution in [2.75, 3.05) is 25.7 Å². The van der Waals surface area contributed by atoms with Crippen molar-refractivity contribution in [3.8, 4) is 11.5 Å². The quantitative estimate of drug-likeness (QED) is 0.371. The van der Waals surface area contributed by atoms with E-state index < -0.39 is 0 Å². The van der Waals surface area contributed by atoms with Crippen molar-refractivity contribution in [3.63, 3.8) is 0 Å². The molecule has 0 radical (unpaired) electrons. The Morgan fingerprint density at radius 3 is 2.68 bits per heavy atom. The van der Waals surface area contributed by atoms with Gasteiger partial charge in [-0.15, -0.1) is 0 Å². The third-order valence-corrected chi connectivity index (χ3v) is 6.58. The van der Waals surface area contributed by atoms with Gasteiger partial charge >= 0.3 is 0 Å². The number of methoxy groups -OCH3 is 2. The second kappa shape index (κ2) is 8.99. The third kappa shape index (κ3) is 3.86. The first-order valence-corrected chi connectivity index (χ1v) is 11.3. The van der Waals surface area contributed by atoms with E-state index in [1.165, 1.54) is 6.07 Å². The molecule has 1 aliphatic heterocycles. The smallest absolute Gasteiger partial charge is 0.227 e. The number of carbonyl (C=O) groups is 1. The van der Waals surface area contributed by atoms with Crippen LogP contribution in [0.4, 0.5) is 10.1 Å². The molecule has 1 atom stereocenters. The average Bonchev–Trinajstić information content (AvgIpc) is 3.41. The van der Waals surface area contributed by atoms with Gasteiger partial charge in [-0.05, 0) is 36.4 Å². The number of nitrogens with zero attached hydrogens (tertiary/aromatic N) is 3. The summed E-state index contributed by atoms with van der Waals surface area (Å²) in [7, 11) is 3.15. The number of rotatable bonds is 6. The molecule has 8 heteroatoms. The molecule has 1 fully saturated rings. The fraction of sp³-hybridized carbons (Fsp3) is 0.231. The molecule has 0 saturated carbocycles. The zero-order chi connectivity index (χ0) is 23.8. The highest BCUT2D eigenvalue weighted by Crippen LogP contribution is 2.39. The maximum absolute atomic E-state index is 14.6. The van der Waals surface area contributed by atoms with E-state index in [2.05, 4.69) is 0 Å². The maximum atomic E-state index is 14.6. The van der Waals surface area contributed by atoms with Crippen molar-refractivity contribution in [3.05, 3.63) is 82.9 Å². The highest BCUT2D eigenvalue weighted by molar-refractivity contribution is 6.31. The lowest BCUT2D eigenvalue weighted by Gasteiger charge is -2.20. The SMILES string of the molecule is COc1ccc(OC)c(N2CC(c3nc4ccccc4n3Cc3c(F)cccc3Cl)CC2=O)c1. The Morgan fingerprint density at radius 1 is 1.09 bits per heavy atom. The molecule has 6 nitrogen and oxygen atoms in total. The van der Waals surface area contributed by atoms with E-state index in [9.17, 15) is 9.18 Å². The molecule has 0 spiro atoms. The Kier molecular flexibility index (Phi) is 5.87. The first kappa shape index (κ1) is 22.2. The molecule has 1 aromatic heterocycles. The van der Waals surface area contributed by atoms with Crippen LogP contribution >= 0.6 is 11.6 Å². The van der Waals surface area contributed by atoms with E-state index in [1.807, 2.05) is 28.8 Å². The van der Waals surface area contributed by atoms with Crippen LogP contribution in [0.1, 0.15) is 23.7 Å². The number of hydrogen-bond acceptors (Lipinski definition) is 4. The van der Waals surface area contributed by atoms with Crippen LogP contribution in [0.2, 0.25) is 5.02 Å². The lowest BCUT2D eigenvalue weighted by molar-refractivity contribution is -0.117. The Bertz CT molecular complexity index is 1370. The van der Waals surface area contributed by atoms with Gasteiger partial charge in [0.2, 0.25) is 5.91 Å². The van der Waals surface area contributed by atoms with Gasteiger partial charge in [-0.3, -0.25) is 4.79 Å². The summed E-state index contributed by atoms with van der Waals surface area (Å²) >= 11 is 6.34. The fourth-order valence-electron chi connectivity index (χ4n) is 4.53.